The van der Waals surface area contributed by atoms with Gasteiger partial charge in [-0.2, -0.15) is 0 Å². The molecule has 0 atom stereocenters. The molecule has 0 saturated heterocycles. The first-order valence-corrected chi connectivity index (χ1v) is 7.64. The van der Waals surface area contributed by atoms with Crippen LogP contribution in [0.5, 0.6) is 0 Å². The number of carbonyl (C=O) groups is 1. The van der Waals surface area contributed by atoms with E-state index in [2.05, 4.69) is 5.16 Å². The Hall–Kier alpha value is -1.85. The molecular weight excluding hydrogens is 284 g/mol. The molecule has 0 unspecified atom stereocenters. The smallest absolute Gasteiger partial charge is 0.221 e. The number of rotatable bonds is 5. The van der Waals surface area contributed by atoms with Crippen molar-refractivity contribution >= 4 is 33.4 Å². The van der Waals surface area contributed by atoms with E-state index in [4.69, 9.17) is 5.21 Å². The van der Waals surface area contributed by atoms with Gasteiger partial charge in [-0.15, -0.1) is 0 Å². The summed E-state index contributed by atoms with van der Waals surface area (Å²) in [4.78, 5) is 14.6. The van der Waals surface area contributed by atoms with Gasteiger partial charge in [0.25, 0.3) is 0 Å². The highest BCUT2D eigenvalue weighted by Gasteiger charge is 2.17. The molecule has 0 amide bonds. The number of hydrogen-bond acceptors (Lipinski definition) is 5. The molecule has 4 nitrogen and oxygen atoms in total. The SMILES string of the molecule is CN(C)CCS/C(=N\O)C(=O)c1cccc2ccccc12. The fourth-order valence-electron chi connectivity index (χ4n) is 2.00. The predicted octanol–water partition coefficient (Wildman–Crippen LogP) is 3.11. The molecule has 0 saturated carbocycles. The van der Waals surface area contributed by atoms with Gasteiger partial charge in [-0.25, -0.2) is 0 Å². The van der Waals surface area contributed by atoms with Crippen LogP contribution in [-0.4, -0.2) is 47.3 Å². The van der Waals surface area contributed by atoms with Gasteiger partial charge in [-0.05, 0) is 24.9 Å². The Labute approximate surface area is 128 Å². The average molecular weight is 302 g/mol. The van der Waals surface area contributed by atoms with Gasteiger partial charge < -0.3 is 10.1 Å². The van der Waals surface area contributed by atoms with E-state index >= 15 is 0 Å². The van der Waals surface area contributed by atoms with Crippen LogP contribution in [0.1, 0.15) is 10.4 Å². The van der Waals surface area contributed by atoms with E-state index in [1.54, 1.807) is 6.07 Å². The van der Waals surface area contributed by atoms with Crippen molar-refractivity contribution in [3.8, 4) is 0 Å². The number of nitrogens with zero attached hydrogens (tertiary/aromatic N) is 2. The first kappa shape index (κ1) is 15.5. The summed E-state index contributed by atoms with van der Waals surface area (Å²) in [5.74, 6) is 0.459. The third-order valence-corrected chi connectivity index (χ3v) is 4.02. The summed E-state index contributed by atoms with van der Waals surface area (Å²) in [5, 5.41) is 14.3. The zero-order valence-corrected chi connectivity index (χ0v) is 12.9. The second-order valence-electron chi connectivity index (χ2n) is 4.91. The van der Waals surface area contributed by atoms with Crippen molar-refractivity contribution in [1.82, 2.24) is 4.90 Å². The van der Waals surface area contributed by atoms with Crippen molar-refractivity contribution < 1.29 is 10.0 Å². The standard InChI is InChI=1S/C16H18N2O2S/c1-18(2)10-11-21-16(17-20)15(19)14-9-5-7-12-6-3-4-8-13(12)14/h3-9,20H,10-11H2,1-2H3/b17-16-. The van der Waals surface area contributed by atoms with E-state index in [0.29, 0.717) is 11.3 Å². The number of benzene rings is 2. The number of thioether (sulfide) groups is 1. The first-order chi connectivity index (χ1) is 10.1. The van der Waals surface area contributed by atoms with Crippen LogP contribution < -0.4 is 0 Å². The van der Waals surface area contributed by atoms with Gasteiger partial charge in [0.1, 0.15) is 0 Å². The Bertz CT molecular complexity index is 663. The van der Waals surface area contributed by atoms with Crippen molar-refractivity contribution in [2.45, 2.75) is 0 Å². The maximum absolute atomic E-state index is 12.5. The Morgan fingerprint density at radius 1 is 1.19 bits per heavy atom. The van der Waals surface area contributed by atoms with Crippen LogP contribution in [0.3, 0.4) is 0 Å². The lowest BCUT2D eigenvalue weighted by molar-refractivity contribution is 0.106. The molecule has 0 aliphatic rings. The summed E-state index contributed by atoms with van der Waals surface area (Å²) in [6.07, 6.45) is 0. The molecule has 0 spiro atoms. The van der Waals surface area contributed by atoms with Crippen LogP contribution >= 0.6 is 11.8 Å². The molecule has 0 aliphatic heterocycles. The van der Waals surface area contributed by atoms with Crippen molar-refractivity contribution in [2.75, 3.05) is 26.4 Å². The van der Waals surface area contributed by atoms with Crippen LogP contribution in [0.25, 0.3) is 10.8 Å². The number of hydrogen-bond donors (Lipinski definition) is 1. The molecule has 2 aromatic carbocycles. The molecular formula is C16H18N2O2S. The third-order valence-electron chi connectivity index (χ3n) is 3.10. The molecule has 5 heteroatoms. The molecule has 0 fully saturated rings. The summed E-state index contributed by atoms with van der Waals surface area (Å²) in [5.41, 5.74) is 0.568. The molecule has 0 aromatic heterocycles. The Morgan fingerprint density at radius 3 is 2.62 bits per heavy atom. The maximum Gasteiger partial charge on any atom is 0.221 e. The highest BCUT2D eigenvalue weighted by molar-refractivity contribution is 8.15. The summed E-state index contributed by atoms with van der Waals surface area (Å²) >= 11 is 1.27. The molecule has 2 rings (SSSR count). The van der Waals surface area contributed by atoms with Crippen molar-refractivity contribution in [3.63, 3.8) is 0 Å². The molecule has 0 heterocycles. The summed E-state index contributed by atoms with van der Waals surface area (Å²) in [6, 6.07) is 13.3. The lowest BCUT2D eigenvalue weighted by Crippen LogP contribution is -2.18. The molecule has 110 valence electrons. The summed E-state index contributed by atoms with van der Waals surface area (Å²) in [6.45, 7) is 0.812. The number of carbonyl (C=O) groups excluding carboxylic acids is 1. The largest absolute Gasteiger partial charge is 0.410 e. The monoisotopic (exact) mass is 302 g/mol. The third kappa shape index (κ3) is 3.83. The number of Topliss-reactive ketones (excluding diaryl/α,β-unsaturated/α-hetero) is 1. The molecule has 2 aromatic rings. The highest BCUT2D eigenvalue weighted by Crippen LogP contribution is 2.21. The fraction of sp³-hybridized carbons (Fsp3) is 0.250. The minimum atomic E-state index is -0.238. The van der Waals surface area contributed by atoms with E-state index in [-0.39, 0.29) is 10.8 Å². The van der Waals surface area contributed by atoms with E-state index in [9.17, 15) is 4.79 Å². The van der Waals surface area contributed by atoms with E-state index in [1.807, 2.05) is 55.4 Å². The highest BCUT2D eigenvalue weighted by atomic mass is 32.2. The van der Waals surface area contributed by atoms with Gasteiger partial charge in [0.2, 0.25) is 5.78 Å². The van der Waals surface area contributed by atoms with Gasteiger partial charge in [0.15, 0.2) is 5.04 Å². The van der Waals surface area contributed by atoms with E-state index < -0.39 is 0 Å². The van der Waals surface area contributed by atoms with Crippen LogP contribution in [0.15, 0.2) is 47.6 Å². The minimum Gasteiger partial charge on any atom is -0.410 e. The molecule has 21 heavy (non-hydrogen) atoms. The lowest BCUT2D eigenvalue weighted by Gasteiger charge is -2.10. The quantitative estimate of drug-likeness (QED) is 0.303. The van der Waals surface area contributed by atoms with Crippen LogP contribution in [0.4, 0.5) is 0 Å². The van der Waals surface area contributed by atoms with Gasteiger partial charge in [-0.1, -0.05) is 59.4 Å². The van der Waals surface area contributed by atoms with Crippen LogP contribution in [0, 0.1) is 0 Å². The number of fused-ring (bicyclic) bond motifs is 1. The second-order valence-corrected chi connectivity index (χ2v) is 6.00. The average Bonchev–Trinajstić information content (AvgIpc) is 2.50. The minimum absolute atomic E-state index is 0.133. The first-order valence-electron chi connectivity index (χ1n) is 6.65. The lowest BCUT2D eigenvalue weighted by atomic mass is 10.0. The normalized spacial score (nSPS) is 12.0. The zero-order valence-electron chi connectivity index (χ0n) is 12.1. The van der Waals surface area contributed by atoms with Gasteiger partial charge in [0, 0.05) is 17.9 Å². The molecule has 0 aliphatic carbocycles. The Morgan fingerprint density at radius 2 is 1.90 bits per heavy atom. The van der Waals surface area contributed by atoms with Gasteiger partial charge in [0.05, 0.1) is 0 Å². The zero-order chi connectivity index (χ0) is 15.2. The van der Waals surface area contributed by atoms with Gasteiger partial charge in [-0.3, -0.25) is 4.79 Å². The van der Waals surface area contributed by atoms with Crippen molar-refractivity contribution in [1.29, 1.82) is 0 Å². The van der Waals surface area contributed by atoms with Gasteiger partial charge >= 0.3 is 0 Å². The van der Waals surface area contributed by atoms with E-state index in [1.165, 1.54) is 11.8 Å². The maximum atomic E-state index is 12.5. The van der Waals surface area contributed by atoms with Crippen LogP contribution in [-0.2, 0) is 0 Å². The summed E-state index contributed by atoms with van der Waals surface area (Å²) < 4.78 is 0. The molecule has 0 bridgehead atoms. The van der Waals surface area contributed by atoms with Crippen molar-refractivity contribution in [2.24, 2.45) is 5.16 Å². The molecule has 0 radical (unpaired) electrons. The Kier molecular flexibility index (Phi) is 5.36. The predicted molar refractivity (Wildman–Crippen MR) is 88.5 cm³/mol. The number of oxime groups is 1. The molecule has 1 N–H and O–H groups in total. The Balaban J connectivity index is 2.24. The topological polar surface area (TPSA) is 52.9 Å². The van der Waals surface area contributed by atoms with Crippen molar-refractivity contribution in [3.05, 3.63) is 48.0 Å². The fourth-order valence-corrected chi connectivity index (χ4v) is 2.95. The van der Waals surface area contributed by atoms with E-state index in [0.717, 1.165) is 17.3 Å². The second kappa shape index (κ2) is 7.24. The summed E-state index contributed by atoms with van der Waals surface area (Å²) in [7, 11) is 3.92. The number of ketones is 1. The van der Waals surface area contributed by atoms with Crippen LogP contribution in [0.2, 0.25) is 0 Å².